The monoisotopic (exact) mass is 743 g/mol. The predicted molar refractivity (Wildman–Crippen MR) is 193 cm³/mol. The molecular weight excluding hydrogens is 695 g/mol. The Morgan fingerprint density at radius 3 is 2.37 bits per heavy atom. The van der Waals surface area contributed by atoms with Gasteiger partial charge < -0.3 is 35.5 Å². The van der Waals surface area contributed by atoms with E-state index in [1.807, 2.05) is 37.3 Å². The normalized spacial score (nSPS) is 20.7. The Kier molecular flexibility index (Phi) is 11.4. The van der Waals surface area contributed by atoms with Gasteiger partial charge in [0, 0.05) is 25.7 Å². The van der Waals surface area contributed by atoms with Crippen LogP contribution in [0.15, 0.2) is 76.5 Å². The van der Waals surface area contributed by atoms with Gasteiger partial charge in [0.1, 0.15) is 29.1 Å². The number of nitrogens with one attached hydrogen (secondary N) is 1. The summed E-state index contributed by atoms with van der Waals surface area (Å²) < 4.78 is 72.2. The summed E-state index contributed by atoms with van der Waals surface area (Å²) in [6, 6.07) is 19.4. The van der Waals surface area contributed by atoms with E-state index in [-0.39, 0.29) is 29.0 Å². The van der Waals surface area contributed by atoms with E-state index >= 15 is 0 Å². The number of aliphatic hydroxyl groups excluding tert-OH is 2. The van der Waals surface area contributed by atoms with Gasteiger partial charge in [-0.05, 0) is 99.0 Å². The highest BCUT2D eigenvalue weighted by Crippen LogP contribution is 2.46. The zero-order valence-electron chi connectivity index (χ0n) is 29.0. The molecule has 0 amide bonds. The van der Waals surface area contributed by atoms with E-state index in [1.54, 1.807) is 24.3 Å². The zero-order chi connectivity index (χ0) is 36.3. The molecule has 3 fully saturated rings. The minimum absolute atomic E-state index is 0.0260. The van der Waals surface area contributed by atoms with Crippen molar-refractivity contribution in [1.82, 2.24) is 9.62 Å². The van der Waals surface area contributed by atoms with Crippen molar-refractivity contribution in [3.63, 3.8) is 0 Å². The molecule has 3 aromatic rings. The fourth-order valence-electron chi connectivity index (χ4n) is 6.98. The second-order valence-electron chi connectivity index (χ2n) is 13.8. The third-order valence-electron chi connectivity index (χ3n) is 10.3. The molecule has 0 aromatic heterocycles. The molecule has 6 rings (SSSR count). The standard InChI is InChI=1S/C37H49N3O9S2/c1-2-47-34-11-10-29(28-8-6-27(7-9-28)12-17-38)20-35(34)51(45,46)40-18-15-36(16-19-40)22-30(24-49-36)39-23-31(42)25-48-32-4-3-5-33(21-32)50(43,44)37(26-41)13-14-37/h3-11,20-21,30-31,39,41-42H,2,12-19,22-26,38H2,1H3/t30-,31?/m0/s1. The van der Waals surface area contributed by atoms with Crippen LogP contribution in [-0.4, -0.2) is 106 Å². The second kappa shape index (κ2) is 15.5. The first-order chi connectivity index (χ1) is 24.4. The number of hydrogen-bond acceptors (Lipinski definition) is 11. The Labute approximate surface area is 300 Å². The lowest BCUT2D eigenvalue weighted by Crippen LogP contribution is -2.47. The molecule has 278 valence electrons. The highest BCUT2D eigenvalue weighted by molar-refractivity contribution is 7.93. The van der Waals surface area contributed by atoms with Crippen LogP contribution in [0, 0.1) is 0 Å². The SMILES string of the molecule is CCOc1ccc(-c2ccc(CCN)cc2)cc1S(=O)(=O)N1CCC2(CC1)C[C@H](NCC(O)COc1cccc(S(=O)(=O)C3(CO)CC3)c1)CO2. The summed E-state index contributed by atoms with van der Waals surface area (Å²) >= 11 is 0. The number of sulfone groups is 1. The fraction of sp³-hybridized carbons (Fsp3) is 0.514. The van der Waals surface area contributed by atoms with Crippen molar-refractivity contribution in [2.75, 3.05) is 52.6 Å². The number of aliphatic hydroxyl groups is 2. The van der Waals surface area contributed by atoms with Crippen LogP contribution in [0.5, 0.6) is 11.5 Å². The van der Waals surface area contributed by atoms with Crippen molar-refractivity contribution in [3.05, 3.63) is 72.3 Å². The molecule has 2 heterocycles. The van der Waals surface area contributed by atoms with Gasteiger partial charge in [0.25, 0.3) is 0 Å². The summed E-state index contributed by atoms with van der Waals surface area (Å²) in [5.74, 6) is 0.655. The lowest BCUT2D eigenvalue weighted by atomic mass is 9.88. The van der Waals surface area contributed by atoms with Crippen LogP contribution in [0.4, 0.5) is 0 Å². The largest absolute Gasteiger partial charge is 0.492 e. The minimum atomic E-state index is -3.86. The van der Waals surface area contributed by atoms with Crippen molar-refractivity contribution in [1.29, 1.82) is 0 Å². The van der Waals surface area contributed by atoms with Crippen molar-refractivity contribution in [2.24, 2.45) is 5.73 Å². The first kappa shape index (κ1) is 37.7. The van der Waals surface area contributed by atoms with Crippen LogP contribution in [-0.2, 0) is 31.0 Å². The second-order valence-corrected chi connectivity index (χ2v) is 18.1. The summed E-state index contributed by atoms with van der Waals surface area (Å²) in [5, 5.41) is 23.6. The highest BCUT2D eigenvalue weighted by Gasteiger charge is 2.54. The third-order valence-corrected chi connectivity index (χ3v) is 14.8. The topological polar surface area (TPSA) is 178 Å². The molecule has 2 aliphatic heterocycles. The number of benzene rings is 3. The molecule has 0 radical (unpaired) electrons. The van der Waals surface area contributed by atoms with Gasteiger partial charge in [-0.1, -0.05) is 36.4 Å². The summed E-state index contributed by atoms with van der Waals surface area (Å²) in [7, 11) is -7.54. The molecule has 3 aromatic carbocycles. The third kappa shape index (κ3) is 8.13. The van der Waals surface area contributed by atoms with Gasteiger partial charge in [0.2, 0.25) is 10.0 Å². The Bertz CT molecular complexity index is 1880. The Morgan fingerprint density at radius 1 is 0.980 bits per heavy atom. The molecule has 2 saturated heterocycles. The van der Waals surface area contributed by atoms with Gasteiger partial charge in [-0.3, -0.25) is 0 Å². The molecule has 5 N–H and O–H groups in total. The van der Waals surface area contributed by atoms with E-state index in [4.69, 9.17) is 19.9 Å². The number of nitrogens with zero attached hydrogens (tertiary/aromatic N) is 1. The fourth-order valence-corrected chi connectivity index (χ4v) is 10.4. The molecule has 0 bridgehead atoms. The van der Waals surface area contributed by atoms with E-state index in [2.05, 4.69) is 5.32 Å². The van der Waals surface area contributed by atoms with Gasteiger partial charge >= 0.3 is 0 Å². The van der Waals surface area contributed by atoms with Crippen LogP contribution in [0.1, 0.15) is 44.6 Å². The molecule has 1 unspecified atom stereocenters. The minimum Gasteiger partial charge on any atom is -0.492 e. The molecule has 3 aliphatic rings. The lowest BCUT2D eigenvalue weighted by Gasteiger charge is -2.38. The number of nitrogens with two attached hydrogens (primary N) is 1. The molecular formula is C37H49N3O9S2. The number of hydrogen-bond donors (Lipinski definition) is 4. The van der Waals surface area contributed by atoms with E-state index in [0.29, 0.717) is 76.5 Å². The number of rotatable bonds is 16. The van der Waals surface area contributed by atoms with E-state index in [9.17, 15) is 27.0 Å². The smallest absolute Gasteiger partial charge is 0.246 e. The van der Waals surface area contributed by atoms with E-state index in [1.165, 1.54) is 16.4 Å². The highest BCUT2D eigenvalue weighted by atomic mass is 32.2. The Hall–Kier alpha value is -3.08. The molecule has 1 aliphatic carbocycles. The van der Waals surface area contributed by atoms with Crippen LogP contribution in [0.2, 0.25) is 0 Å². The van der Waals surface area contributed by atoms with Crippen molar-refractivity contribution in [3.8, 4) is 22.6 Å². The molecule has 1 saturated carbocycles. The maximum Gasteiger partial charge on any atom is 0.246 e. The van der Waals surface area contributed by atoms with Crippen LogP contribution < -0.4 is 20.5 Å². The zero-order valence-corrected chi connectivity index (χ0v) is 30.6. The van der Waals surface area contributed by atoms with Gasteiger partial charge in [0.15, 0.2) is 9.84 Å². The molecule has 2 atom stereocenters. The average Bonchev–Trinajstić information content (AvgIpc) is 3.87. The first-order valence-corrected chi connectivity index (χ1v) is 20.6. The van der Waals surface area contributed by atoms with Crippen LogP contribution in [0.3, 0.4) is 0 Å². The van der Waals surface area contributed by atoms with Crippen molar-refractivity contribution < 1.29 is 41.3 Å². The predicted octanol–water partition coefficient (Wildman–Crippen LogP) is 2.89. The molecule has 51 heavy (non-hydrogen) atoms. The van der Waals surface area contributed by atoms with E-state index < -0.39 is 42.9 Å². The quantitative estimate of drug-likeness (QED) is 0.170. The number of piperidine rings is 1. The Balaban J connectivity index is 1.01. The lowest BCUT2D eigenvalue weighted by molar-refractivity contribution is -0.0312. The maximum atomic E-state index is 14.0. The first-order valence-electron chi connectivity index (χ1n) is 17.6. The van der Waals surface area contributed by atoms with Gasteiger partial charge in [0.05, 0.1) is 35.1 Å². The van der Waals surface area contributed by atoms with Crippen LogP contribution >= 0.6 is 0 Å². The van der Waals surface area contributed by atoms with Gasteiger partial charge in [-0.25, -0.2) is 16.8 Å². The molecule has 1 spiro atoms. The van der Waals surface area contributed by atoms with Gasteiger partial charge in [-0.2, -0.15) is 4.31 Å². The van der Waals surface area contributed by atoms with Gasteiger partial charge in [-0.15, -0.1) is 0 Å². The van der Waals surface area contributed by atoms with Crippen molar-refractivity contribution >= 4 is 19.9 Å². The van der Waals surface area contributed by atoms with E-state index in [0.717, 1.165) is 23.1 Å². The maximum absolute atomic E-state index is 14.0. The average molecular weight is 744 g/mol. The number of ether oxygens (including phenoxy) is 3. The summed E-state index contributed by atoms with van der Waals surface area (Å²) in [5.41, 5.74) is 8.05. The molecule has 14 heteroatoms. The Morgan fingerprint density at radius 2 is 1.71 bits per heavy atom. The van der Waals surface area contributed by atoms with Crippen molar-refractivity contribution in [2.45, 2.75) is 77.7 Å². The number of sulfonamides is 1. The summed E-state index contributed by atoms with van der Waals surface area (Å²) in [4.78, 5) is 0.247. The molecule has 12 nitrogen and oxygen atoms in total. The summed E-state index contributed by atoms with van der Waals surface area (Å²) in [6.45, 7) is 3.57. The summed E-state index contributed by atoms with van der Waals surface area (Å²) in [6.07, 6.45) is 2.54. The van der Waals surface area contributed by atoms with Crippen LogP contribution in [0.25, 0.3) is 11.1 Å².